The number of hydrogen-bond donors (Lipinski definition) is 2. The van der Waals surface area contributed by atoms with Crippen LogP contribution >= 0.6 is 0 Å². The van der Waals surface area contributed by atoms with Crippen LogP contribution in [0.5, 0.6) is 0 Å². The Morgan fingerprint density at radius 3 is 2.89 bits per heavy atom. The zero-order valence-corrected chi connectivity index (χ0v) is 15.4. The highest BCUT2D eigenvalue weighted by Gasteiger charge is 2.41. The number of nitrogens with one attached hydrogen (secondary N) is 2. The van der Waals surface area contributed by atoms with Gasteiger partial charge in [-0.15, -0.1) is 0 Å². The SMILES string of the molecule is Cc1[nH]nc2c1[C@@H](c1cccc(F)c1)N(CCc1c[nH]c3ccccc13)C2=O. The van der Waals surface area contributed by atoms with Gasteiger partial charge in [-0.05, 0) is 42.7 Å². The van der Waals surface area contributed by atoms with Crippen LogP contribution in [-0.2, 0) is 6.42 Å². The van der Waals surface area contributed by atoms with E-state index in [0.717, 1.165) is 33.3 Å². The van der Waals surface area contributed by atoms with Crippen LogP contribution in [0.3, 0.4) is 0 Å². The van der Waals surface area contributed by atoms with Crippen molar-refractivity contribution in [3.05, 3.63) is 88.6 Å². The molecule has 2 aromatic heterocycles. The van der Waals surface area contributed by atoms with Crippen molar-refractivity contribution in [2.45, 2.75) is 19.4 Å². The Labute approximate surface area is 161 Å². The van der Waals surface area contributed by atoms with Crippen LogP contribution in [0.2, 0.25) is 0 Å². The van der Waals surface area contributed by atoms with E-state index in [1.54, 1.807) is 11.0 Å². The van der Waals surface area contributed by atoms with Gasteiger partial charge in [0, 0.05) is 34.9 Å². The maximum absolute atomic E-state index is 13.9. The molecule has 0 saturated heterocycles. The van der Waals surface area contributed by atoms with Gasteiger partial charge in [0.1, 0.15) is 5.82 Å². The molecule has 1 atom stereocenters. The number of halogens is 1. The molecule has 0 saturated carbocycles. The fourth-order valence-electron chi connectivity index (χ4n) is 4.18. The van der Waals surface area contributed by atoms with Crippen LogP contribution in [0.4, 0.5) is 4.39 Å². The first-order valence-electron chi connectivity index (χ1n) is 9.30. The molecule has 2 N–H and O–H groups in total. The van der Waals surface area contributed by atoms with Gasteiger partial charge in [0.25, 0.3) is 5.91 Å². The number of carbonyl (C=O) groups excluding carboxylic acids is 1. The van der Waals surface area contributed by atoms with E-state index >= 15 is 0 Å². The molecule has 1 amide bonds. The van der Waals surface area contributed by atoms with E-state index in [2.05, 4.69) is 21.2 Å². The number of aryl methyl sites for hydroxylation is 1. The predicted molar refractivity (Wildman–Crippen MR) is 105 cm³/mol. The topological polar surface area (TPSA) is 64.8 Å². The number of rotatable bonds is 4. The summed E-state index contributed by atoms with van der Waals surface area (Å²) in [5, 5.41) is 8.26. The molecule has 2 aromatic carbocycles. The molecule has 0 unspecified atom stereocenters. The minimum Gasteiger partial charge on any atom is -0.361 e. The third-order valence-electron chi connectivity index (χ3n) is 5.50. The summed E-state index contributed by atoms with van der Waals surface area (Å²) in [7, 11) is 0. The summed E-state index contributed by atoms with van der Waals surface area (Å²) in [6.45, 7) is 2.42. The molecular weight excluding hydrogens is 355 g/mol. The molecule has 0 fully saturated rings. The summed E-state index contributed by atoms with van der Waals surface area (Å²) in [5.41, 5.74) is 5.11. The molecule has 140 valence electrons. The number of para-hydroxylation sites is 1. The van der Waals surface area contributed by atoms with Gasteiger partial charge < -0.3 is 9.88 Å². The Bertz CT molecular complexity index is 1190. The number of benzene rings is 2. The number of aromatic nitrogens is 3. The minimum absolute atomic E-state index is 0.117. The van der Waals surface area contributed by atoms with Gasteiger partial charge in [-0.25, -0.2) is 4.39 Å². The average Bonchev–Trinajstić information content (AvgIpc) is 3.35. The molecule has 5 nitrogen and oxygen atoms in total. The van der Waals surface area contributed by atoms with Gasteiger partial charge in [-0.1, -0.05) is 30.3 Å². The second-order valence-corrected chi connectivity index (χ2v) is 7.18. The van der Waals surface area contributed by atoms with Crippen LogP contribution in [0.15, 0.2) is 54.7 Å². The van der Waals surface area contributed by atoms with Crippen molar-refractivity contribution >= 4 is 16.8 Å². The van der Waals surface area contributed by atoms with Crippen LogP contribution < -0.4 is 0 Å². The molecule has 5 rings (SSSR count). The van der Waals surface area contributed by atoms with Gasteiger partial charge in [-0.3, -0.25) is 9.89 Å². The van der Waals surface area contributed by atoms with Gasteiger partial charge in [0.15, 0.2) is 5.69 Å². The number of H-pyrrole nitrogens is 2. The summed E-state index contributed by atoms with van der Waals surface area (Å²) >= 11 is 0. The standard InChI is InChI=1S/C22H19FN4O/c1-13-19-20(26-25-13)22(28)27(21(19)14-5-4-6-16(23)11-14)10-9-15-12-24-18-8-3-2-7-17(15)18/h2-8,11-12,21,24H,9-10H2,1H3,(H,25,26)/t21-/m1/s1. The summed E-state index contributed by atoms with van der Waals surface area (Å²) in [5.74, 6) is -0.426. The van der Waals surface area contributed by atoms with Crippen LogP contribution in [0.1, 0.15) is 38.9 Å². The van der Waals surface area contributed by atoms with Crippen LogP contribution in [0, 0.1) is 12.7 Å². The monoisotopic (exact) mass is 374 g/mol. The minimum atomic E-state index is -0.331. The van der Waals surface area contributed by atoms with Gasteiger partial charge in [-0.2, -0.15) is 5.10 Å². The third kappa shape index (κ3) is 2.52. The largest absolute Gasteiger partial charge is 0.361 e. The van der Waals surface area contributed by atoms with Crippen LogP contribution in [0.25, 0.3) is 10.9 Å². The Morgan fingerprint density at radius 1 is 1.18 bits per heavy atom. The average molecular weight is 374 g/mol. The van der Waals surface area contributed by atoms with Crippen molar-refractivity contribution in [1.29, 1.82) is 0 Å². The van der Waals surface area contributed by atoms with Crippen molar-refractivity contribution in [2.24, 2.45) is 0 Å². The number of carbonyl (C=O) groups is 1. The first kappa shape index (κ1) is 16.7. The van der Waals surface area contributed by atoms with E-state index in [1.165, 1.54) is 12.1 Å². The van der Waals surface area contributed by atoms with E-state index < -0.39 is 0 Å². The zero-order chi connectivity index (χ0) is 19.3. The lowest BCUT2D eigenvalue weighted by Gasteiger charge is -2.26. The fourth-order valence-corrected chi connectivity index (χ4v) is 4.18. The highest BCUT2D eigenvalue weighted by atomic mass is 19.1. The molecule has 28 heavy (non-hydrogen) atoms. The van der Waals surface area contributed by atoms with E-state index in [1.807, 2.05) is 37.4 Å². The molecule has 0 radical (unpaired) electrons. The smallest absolute Gasteiger partial charge is 0.275 e. The summed E-state index contributed by atoms with van der Waals surface area (Å²) < 4.78 is 13.9. The van der Waals surface area contributed by atoms with Crippen molar-refractivity contribution in [2.75, 3.05) is 6.54 Å². The second-order valence-electron chi connectivity index (χ2n) is 7.18. The predicted octanol–water partition coefficient (Wildman–Crippen LogP) is 4.13. The molecule has 0 aliphatic carbocycles. The molecule has 1 aliphatic heterocycles. The maximum Gasteiger partial charge on any atom is 0.275 e. The number of nitrogens with zero attached hydrogens (tertiary/aromatic N) is 2. The molecule has 3 heterocycles. The highest BCUT2D eigenvalue weighted by Crippen LogP contribution is 2.39. The maximum atomic E-state index is 13.9. The van der Waals surface area contributed by atoms with E-state index in [9.17, 15) is 9.18 Å². The highest BCUT2D eigenvalue weighted by molar-refractivity contribution is 5.98. The Balaban J connectivity index is 1.51. The van der Waals surface area contributed by atoms with E-state index in [0.29, 0.717) is 18.7 Å². The summed E-state index contributed by atoms with van der Waals surface area (Å²) in [4.78, 5) is 18.1. The zero-order valence-electron chi connectivity index (χ0n) is 15.4. The third-order valence-corrected chi connectivity index (χ3v) is 5.50. The Kier molecular flexibility index (Phi) is 3.79. The molecule has 0 bridgehead atoms. The van der Waals surface area contributed by atoms with Gasteiger partial charge in [0.2, 0.25) is 0 Å². The lowest BCUT2D eigenvalue weighted by Crippen LogP contribution is -2.31. The second kappa shape index (κ2) is 6.34. The molecular formula is C22H19FN4O. The molecule has 4 aromatic rings. The quantitative estimate of drug-likeness (QED) is 0.564. The Hall–Kier alpha value is -3.41. The lowest BCUT2D eigenvalue weighted by molar-refractivity contribution is 0.0745. The van der Waals surface area contributed by atoms with Gasteiger partial charge in [0.05, 0.1) is 6.04 Å². The number of fused-ring (bicyclic) bond motifs is 2. The first-order chi connectivity index (χ1) is 13.6. The number of hydrogen-bond acceptors (Lipinski definition) is 2. The van der Waals surface area contributed by atoms with Gasteiger partial charge >= 0.3 is 0 Å². The van der Waals surface area contributed by atoms with E-state index in [-0.39, 0.29) is 17.8 Å². The van der Waals surface area contributed by atoms with Crippen LogP contribution in [-0.4, -0.2) is 32.5 Å². The van der Waals surface area contributed by atoms with Crippen molar-refractivity contribution in [3.8, 4) is 0 Å². The van der Waals surface area contributed by atoms with Crippen molar-refractivity contribution in [1.82, 2.24) is 20.1 Å². The Morgan fingerprint density at radius 2 is 2.04 bits per heavy atom. The normalized spacial score (nSPS) is 16.1. The summed E-state index contributed by atoms with van der Waals surface area (Å²) in [6, 6.07) is 14.2. The molecule has 1 aliphatic rings. The van der Waals surface area contributed by atoms with Crippen molar-refractivity contribution in [3.63, 3.8) is 0 Å². The lowest BCUT2D eigenvalue weighted by atomic mass is 9.99. The first-order valence-corrected chi connectivity index (χ1v) is 9.30. The van der Waals surface area contributed by atoms with E-state index in [4.69, 9.17) is 0 Å². The van der Waals surface area contributed by atoms with Crippen molar-refractivity contribution < 1.29 is 9.18 Å². The fraction of sp³-hybridized carbons (Fsp3) is 0.182. The molecule has 0 spiro atoms. The molecule has 6 heteroatoms. The summed E-state index contributed by atoms with van der Waals surface area (Å²) in [6.07, 6.45) is 2.70. The number of aromatic amines is 2. The number of amides is 1.